The first kappa shape index (κ1) is 20.3. The molecule has 0 aliphatic rings. The first-order chi connectivity index (χ1) is 15.2. The van der Waals surface area contributed by atoms with Crippen molar-refractivity contribution in [2.45, 2.75) is 6.42 Å². The highest BCUT2D eigenvalue weighted by molar-refractivity contribution is 6.03. The normalized spacial score (nSPS) is 11.4. The summed E-state index contributed by atoms with van der Waals surface area (Å²) in [5.74, 6) is 2.47. The smallest absolute Gasteiger partial charge is 0.203 e. The standard InChI is InChI=1S/C24H24N4O3/c1-29-21-13-16(14-22(30-2)24(21)31-3)20(28-27-17-9-5-4-6-10-17)15-23-25-18-11-7-8-12-19(18)26-23/h4-14,27H,15H2,1-3H3,(H,25,26)/b28-20-. The lowest BCUT2D eigenvalue weighted by Gasteiger charge is -2.15. The summed E-state index contributed by atoms with van der Waals surface area (Å²) in [6.07, 6.45) is 0.479. The molecular formula is C24H24N4O3. The molecule has 0 spiro atoms. The Morgan fingerprint density at radius 3 is 2.23 bits per heavy atom. The first-order valence-electron chi connectivity index (χ1n) is 9.83. The Balaban J connectivity index is 1.76. The van der Waals surface area contributed by atoms with E-state index < -0.39 is 0 Å². The van der Waals surface area contributed by atoms with Gasteiger partial charge in [0.1, 0.15) is 5.82 Å². The van der Waals surface area contributed by atoms with Gasteiger partial charge in [-0.1, -0.05) is 30.3 Å². The van der Waals surface area contributed by atoms with Gasteiger partial charge in [0.25, 0.3) is 0 Å². The molecule has 1 heterocycles. The van der Waals surface area contributed by atoms with E-state index in [0.717, 1.165) is 33.8 Å². The molecule has 3 aromatic carbocycles. The summed E-state index contributed by atoms with van der Waals surface area (Å²) in [5, 5.41) is 4.69. The Morgan fingerprint density at radius 2 is 1.58 bits per heavy atom. The second kappa shape index (κ2) is 9.21. The number of hydrogen-bond acceptors (Lipinski definition) is 6. The van der Waals surface area contributed by atoms with Crippen LogP contribution in [0.15, 0.2) is 71.8 Å². The van der Waals surface area contributed by atoms with Gasteiger partial charge >= 0.3 is 0 Å². The van der Waals surface area contributed by atoms with Gasteiger partial charge in [0, 0.05) is 5.56 Å². The molecule has 0 fully saturated rings. The van der Waals surface area contributed by atoms with Crippen LogP contribution in [0.1, 0.15) is 11.4 Å². The Morgan fingerprint density at radius 1 is 0.903 bits per heavy atom. The Bertz CT molecular complexity index is 1140. The van der Waals surface area contributed by atoms with E-state index in [1.807, 2.05) is 66.7 Å². The molecule has 0 atom stereocenters. The quantitative estimate of drug-likeness (QED) is 0.323. The molecule has 4 rings (SSSR count). The predicted molar refractivity (Wildman–Crippen MR) is 122 cm³/mol. The van der Waals surface area contributed by atoms with Gasteiger partial charge in [-0.2, -0.15) is 5.10 Å². The zero-order chi connectivity index (χ0) is 21.6. The number of hydrazone groups is 1. The van der Waals surface area contributed by atoms with Crippen LogP contribution in [0, 0.1) is 0 Å². The minimum atomic E-state index is 0.479. The maximum atomic E-state index is 5.53. The Kier molecular flexibility index (Phi) is 6.03. The lowest BCUT2D eigenvalue weighted by Crippen LogP contribution is -2.11. The molecule has 1 aromatic heterocycles. The van der Waals surface area contributed by atoms with E-state index >= 15 is 0 Å². The van der Waals surface area contributed by atoms with Crippen molar-refractivity contribution in [1.82, 2.24) is 9.97 Å². The zero-order valence-electron chi connectivity index (χ0n) is 17.7. The maximum absolute atomic E-state index is 5.53. The van der Waals surface area contributed by atoms with Gasteiger partial charge in [0.15, 0.2) is 11.5 Å². The largest absolute Gasteiger partial charge is 0.493 e. The summed E-state index contributed by atoms with van der Waals surface area (Å²) in [6, 6.07) is 21.5. The summed E-state index contributed by atoms with van der Waals surface area (Å²) in [6.45, 7) is 0. The number of ether oxygens (including phenoxy) is 3. The average Bonchev–Trinajstić information content (AvgIpc) is 3.24. The summed E-state index contributed by atoms with van der Waals surface area (Å²) >= 11 is 0. The third kappa shape index (κ3) is 4.45. The second-order valence-corrected chi connectivity index (χ2v) is 6.83. The number of anilines is 1. The van der Waals surface area contributed by atoms with Crippen molar-refractivity contribution in [1.29, 1.82) is 0 Å². The number of para-hydroxylation sites is 3. The fraction of sp³-hybridized carbons (Fsp3) is 0.167. The Labute approximate surface area is 180 Å². The fourth-order valence-electron chi connectivity index (χ4n) is 3.35. The lowest BCUT2D eigenvalue weighted by atomic mass is 10.1. The predicted octanol–water partition coefficient (Wildman–Crippen LogP) is 4.65. The molecule has 4 aromatic rings. The third-order valence-corrected chi connectivity index (χ3v) is 4.87. The van der Waals surface area contributed by atoms with Crippen LogP contribution in [0.4, 0.5) is 5.69 Å². The summed E-state index contributed by atoms with van der Waals surface area (Å²) in [7, 11) is 4.78. The van der Waals surface area contributed by atoms with Crippen molar-refractivity contribution in [3.05, 3.63) is 78.1 Å². The average molecular weight is 416 g/mol. The van der Waals surface area contributed by atoms with Gasteiger partial charge in [-0.05, 0) is 36.4 Å². The van der Waals surface area contributed by atoms with Crippen LogP contribution in [0.2, 0.25) is 0 Å². The number of benzene rings is 3. The summed E-state index contributed by atoms with van der Waals surface area (Å²) in [4.78, 5) is 8.07. The molecule has 0 saturated carbocycles. The van der Waals surface area contributed by atoms with Crippen LogP contribution in [0.5, 0.6) is 17.2 Å². The molecule has 0 radical (unpaired) electrons. The van der Waals surface area contributed by atoms with Gasteiger partial charge in [0.2, 0.25) is 5.75 Å². The van der Waals surface area contributed by atoms with Crippen molar-refractivity contribution in [2.24, 2.45) is 5.10 Å². The van der Waals surface area contributed by atoms with E-state index in [1.165, 1.54) is 0 Å². The van der Waals surface area contributed by atoms with Crippen LogP contribution in [-0.2, 0) is 6.42 Å². The van der Waals surface area contributed by atoms with Crippen molar-refractivity contribution in [3.63, 3.8) is 0 Å². The van der Waals surface area contributed by atoms with Crippen LogP contribution >= 0.6 is 0 Å². The molecule has 7 nitrogen and oxygen atoms in total. The maximum Gasteiger partial charge on any atom is 0.203 e. The topological polar surface area (TPSA) is 80.8 Å². The fourth-order valence-corrected chi connectivity index (χ4v) is 3.35. The van der Waals surface area contributed by atoms with E-state index in [1.54, 1.807) is 21.3 Å². The van der Waals surface area contributed by atoms with Gasteiger partial charge in [-0.25, -0.2) is 4.98 Å². The number of hydrogen-bond donors (Lipinski definition) is 2. The number of fused-ring (bicyclic) bond motifs is 1. The minimum Gasteiger partial charge on any atom is -0.493 e. The van der Waals surface area contributed by atoms with Crippen LogP contribution < -0.4 is 19.6 Å². The highest BCUT2D eigenvalue weighted by atomic mass is 16.5. The molecule has 0 saturated heterocycles. The lowest BCUT2D eigenvalue weighted by molar-refractivity contribution is 0.324. The monoisotopic (exact) mass is 416 g/mol. The van der Waals surface area contributed by atoms with Crippen molar-refractivity contribution >= 4 is 22.4 Å². The molecule has 158 valence electrons. The number of aromatic amines is 1. The highest BCUT2D eigenvalue weighted by Crippen LogP contribution is 2.38. The molecule has 0 aliphatic carbocycles. The molecule has 31 heavy (non-hydrogen) atoms. The summed E-state index contributed by atoms with van der Waals surface area (Å²) < 4.78 is 16.5. The molecule has 0 amide bonds. The molecule has 0 bridgehead atoms. The number of nitrogens with one attached hydrogen (secondary N) is 2. The zero-order valence-corrected chi connectivity index (χ0v) is 17.7. The second-order valence-electron chi connectivity index (χ2n) is 6.83. The highest BCUT2D eigenvalue weighted by Gasteiger charge is 2.17. The van der Waals surface area contributed by atoms with E-state index in [9.17, 15) is 0 Å². The number of H-pyrrole nitrogens is 1. The van der Waals surface area contributed by atoms with Gasteiger partial charge in [0.05, 0.1) is 50.2 Å². The number of methoxy groups -OCH3 is 3. The molecular weight excluding hydrogens is 392 g/mol. The van der Waals surface area contributed by atoms with E-state index in [2.05, 4.69) is 10.4 Å². The van der Waals surface area contributed by atoms with Crippen molar-refractivity contribution in [2.75, 3.05) is 26.8 Å². The van der Waals surface area contributed by atoms with Crippen LogP contribution in [0.25, 0.3) is 11.0 Å². The van der Waals surface area contributed by atoms with Gasteiger partial charge in [-0.15, -0.1) is 0 Å². The number of imidazole rings is 1. The van der Waals surface area contributed by atoms with Crippen LogP contribution in [0.3, 0.4) is 0 Å². The molecule has 2 N–H and O–H groups in total. The SMILES string of the molecule is COc1cc(/C(Cc2nc3ccccc3[nH]2)=N\Nc2ccccc2)cc(OC)c1OC. The Hall–Kier alpha value is -4.00. The van der Waals surface area contributed by atoms with E-state index in [0.29, 0.717) is 23.7 Å². The minimum absolute atomic E-state index is 0.479. The van der Waals surface area contributed by atoms with E-state index in [4.69, 9.17) is 24.3 Å². The molecule has 7 heteroatoms. The van der Waals surface area contributed by atoms with Crippen LogP contribution in [-0.4, -0.2) is 37.0 Å². The number of nitrogens with zero attached hydrogens (tertiary/aromatic N) is 2. The van der Waals surface area contributed by atoms with Crippen molar-refractivity contribution < 1.29 is 14.2 Å². The summed E-state index contributed by atoms with van der Waals surface area (Å²) in [5.41, 5.74) is 7.52. The van der Waals surface area contributed by atoms with E-state index in [-0.39, 0.29) is 0 Å². The molecule has 0 aliphatic heterocycles. The number of rotatable bonds is 8. The third-order valence-electron chi connectivity index (χ3n) is 4.87. The molecule has 0 unspecified atom stereocenters. The van der Waals surface area contributed by atoms with Gasteiger partial charge in [-0.3, -0.25) is 5.43 Å². The number of aromatic nitrogens is 2. The van der Waals surface area contributed by atoms with Crippen molar-refractivity contribution in [3.8, 4) is 17.2 Å². The first-order valence-corrected chi connectivity index (χ1v) is 9.83. The van der Waals surface area contributed by atoms with Gasteiger partial charge < -0.3 is 19.2 Å².